The van der Waals surface area contributed by atoms with Gasteiger partial charge in [0.15, 0.2) is 0 Å². The summed E-state index contributed by atoms with van der Waals surface area (Å²) in [4.78, 5) is 23.7. The molecule has 0 aliphatic heterocycles. The first-order chi connectivity index (χ1) is 9.94. The van der Waals surface area contributed by atoms with Gasteiger partial charge in [-0.05, 0) is 55.3 Å². The van der Waals surface area contributed by atoms with Crippen molar-refractivity contribution in [3.8, 4) is 0 Å². The lowest BCUT2D eigenvalue weighted by atomic mass is 10.1. The van der Waals surface area contributed by atoms with Gasteiger partial charge in [-0.1, -0.05) is 23.7 Å². The van der Waals surface area contributed by atoms with E-state index >= 15 is 0 Å². The van der Waals surface area contributed by atoms with Gasteiger partial charge >= 0.3 is 11.8 Å². The van der Waals surface area contributed by atoms with Crippen LogP contribution in [0.5, 0.6) is 0 Å². The van der Waals surface area contributed by atoms with Crippen LogP contribution in [0.25, 0.3) is 0 Å². The van der Waals surface area contributed by atoms with Gasteiger partial charge in [-0.3, -0.25) is 9.59 Å². The molecule has 0 unspecified atom stereocenters. The number of halogens is 1. The Balaban J connectivity index is 2.04. The number of rotatable bonds is 2. The zero-order valence-electron chi connectivity index (χ0n) is 11.7. The van der Waals surface area contributed by atoms with E-state index in [1.807, 2.05) is 19.9 Å². The average Bonchev–Trinajstić information content (AvgIpc) is 2.37. The molecule has 2 N–H and O–H groups in total. The van der Waals surface area contributed by atoms with Crippen molar-refractivity contribution in [3.63, 3.8) is 0 Å². The van der Waals surface area contributed by atoms with Gasteiger partial charge in [0.25, 0.3) is 0 Å². The molecule has 2 aromatic carbocycles. The van der Waals surface area contributed by atoms with Crippen molar-refractivity contribution in [1.82, 2.24) is 0 Å². The Morgan fingerprint density at radius 2 is 1.43 bits per heavy atom. The fourth-order valence-electron chi connectivity index (χ4n) is 1.99. The number of nitrogens with one attached hydrogen (secondary N) is 2. The number of carbonyl (C=O) groups is 2. The minimum absolute atomic E-state index is 0.475. The highest BCUT2D eigenvalue weighted by Crippen LogP contribution is 2.16. The molecular weight excluding hydrogens is 288 g/mol. The van der Waals surface area contributed by atoms with E-state index in [1.54, 1.807) is 36.4 Å². The van der Waals surface area contributed by atoms with E-state index in [1.165, 1.54) is 0 Å². The summed E-state index contributed by atoms with van der Waals surface area (Å²) >= 11 is 5.82. The molecule has 0 bridgehead atoms. The summed E-state index contributed by atoms with van der Waals surface area (Å²) in [6, 6.07) is 12.2. The molecule has 0 fully saturated rings. The summed E-state index contributed by atoms with van der Waals surface area (Å²) in [6.45, 7) is 3.85. The van der Waals surface area contributed by atoms with Crippen molar-refractivity contribution in [1.29, 1.82) is 0 Å². The predicted octanol–water partition coefficient (Wildman–Crippen LogP) is 3.53. The summed E-state index contributed by atoms with van der Waals surface area (Å²) in [7, 11) is 0. The quantitative estimate of drug-likeness (QED) is 0.834. The van der Waals surface area contributed by atoms with Crippen molar-refractivity contribution in [2.45, 2.75) is 13.8 Å². The summed E-state index contributed by atoms with van der Waals surface area (Å²) in [6.07, 6.45) is 0. The first kappa shape index (κ1) is 15.1. The number of hydrogen-bond donors (Lipinski definition) is 2. The molecule has 0 radical (unpaired) electrons. The maximum Gasteiger partial charge on any atom is 0.314 e. The average molecular weight is 303 g/mol. The Bertz CT molecular complexity index is 678. The number of amides is 2. The number of aryl methyl sites for hydroxylation is 2. The lowest BCUT2D eigenvalue weighted by molar-refractivity contribution is -0.132. The maximum absolute atomic E-state index is 11.9. The standard InChI is InChI=1S/C16H15ClN2O2/c1-10-6-11(2)8-14(7-10)19-16(21)15(20)18-13-5-3-4-12(17)9-13/h3-9H,1-2H3,(H,18,20)(H,19,21). The Morgan fingerprint density at radius 1 is 0.857 bits per heavy atom. The van der Waals surface area contributed by atoms with Crippen LogP contribution >= 0.6 is 11.6 Å². The van der Waals surface area contributed by atoms with E-state index < -0.39 is 11.8 Å². The highest BCUT2D eigenvalue weighted by atomic mass is 35.5. The predicted molar refractivity (Wildman–Crippen MR) is 84.6 cm³/mol. The summed E-state index contributed by atoms with van der Waals surface area (Å²) in [5.74, 6) is -1.46. The van der Waals surface area contributed by atoms with Crippen LogP contribution in [0.1, 0.15) is 11.1 Å². The second kappa shape index (κ2) is 6.41. The molecule has 0 heterocycles. The second-order valence-electron chi connectivity index (χ2n) is 4.79. The molecule has 5 heteroatoms. The van der Waals surface area contributed by atoms with Crippen molar-refractivity contribution in [3.05, 3.63) is 58.6 Å². The smallest absolute Gasteiger partial charge is 0.314 e. The Hall–Kier alpha value is -2.33. The van der Waals surface area contributed by atoms with Gasteiger partial charge in [-0.15, -0.1) is 0 Å². The topological polar surface area (TPSA) is 58.2 Å². The molecule has 4 nitrogen and oxygen atoms in total. The van der Waals surface area contributed by atoms with Crippen LogP contribution in [0.2, 0.25) is 5.02 Å². The summed E-state index contributed by atoms with van der Waals surface area (Å²) in [5.41, 5.74) is 3.10. The van der Waals surface area contributed by atoms with Crippen molar-refractivity contribution in [2.75, 3.05) is 10.6 Å². The molecule has 2 rings (SSSR count). The van der Waals surface area contributed by atoms with Crippen LogP contribution in [0.3, 0.4) is 0 Å². The molecule has 2 aromatic rings. The number of carbonyl (C=O) groups excluding carboxylic acids is 2. The molecular formula is C16H15ClN2O2. The molecule has 0 spiro atoms. The highest BCUT2D eigenvalue weighted by molar-refractivity contribution is 6.43. The van der Waals surface area contributed by atoms with Crippen LogP contribution in [0.15, 0.2) is 42.5 Å². The Labute approximate surface area is 128 Å². The number of anilines is 2. The zero-order valence-corrected chi connectivity index (χ0v) is 12.5. The first-order valence-electron chi connectivity index (χ1n) is 6.40. The summed E-state index contributed by atoms with van der Waals surface area (Å²) in [5, 5.41) is 5.56. The van der Waals surface area contributed by atoms with Crippen LogP contribution in [-0.4, -0.2) is 11.8 Å². The normalized spacial score (nSPS) is 10.0. The molecule has 0 saturated carbocycles. The van der Waals surface area contributed by atoms with Gasteiger partial charge in [0.2, 0.25) is 0 Å². The molecule has 0 saturated heterocycles. The van der Waals surface area contributed by atoms with E-state index in [0.29, 0.717) is 16.4 Å². The molecule has 0 aliphatic carbocycles. The van der Waals surface area contributed by atoms with Gasteiger partial charge in [-0.25, -0.2) is 0 Å². The zero-order chi connectivity index (χ0) is 15.4. The van der Waals surface area contributed by atoms with Gasteiger partial charge in [0.05, 0.1) is 0 Å². The largest absolute Gasteiger partial charge is 0.318 e. The van der Waals surface area contributed by atoms with Gasteiger partial charge in [-0.2, -0.15) is 0 Å². The molecule has 0 aliphatic rings. The minimum atomic E-state index is -0.739. The van der Waals surface area contributed by atoms with E-state index in [2.05, 4.69) is 10.6 Å². The van der Waals surface area contributed by atoms with Crippen LogP contribution in [-0.2, 0) is 9.59 Å². The molecule has 108 valence electrons. The van der Waals surface area contributed by atoms with E-state index in [9.17, 15) is 9.59 Å². The minimum Gasteiger partial charge on any atom is -0.318 e. The maximum atomic E-state index is 11.9. The fraction of sp³-hybridized carbons (Fsp3) is 0.125. The first-order valence-corrected chi connectivity index (χ1v) is 6.78. The SMILES string of the molecule is Cc1cc(C)cc(NC(=O)C(=O)Nc2cccc(Cl)c2)c1. The van der Waals surface area contributed by atoms with E-state index in [0.717, 1.165) is 11.1 Å². The molecule has 0 aromatic heterocycles. The molecule has 21 heavy (non-hydrogen) atoms. The van der Waals surface area contributed by atoms with Gasteiger partial charge in [0.1, 0.15) is 0 Å². The molecule has 2 amide bonds. The highest BCUT2D eigenvalue weighted by Gasteiger charge is 2.14. The van der Waals surface area contributed by atoms with Crippen LogP contribution in [0.4, 0.5) is 11.4 Å². The summed E-state index contributed by atoms with van der Waals surface area (Å²) < 4.78 is 0. The third kappa shape index (κ3) is 4.33. The lowest BCUT2D eigenvalue weighted by Gasteiger charge is -2.08. The van der Waals surface area contributed by atoms with Gasteiger partial charge in [0, 0.05) is 16.4 Å². The second-order valence-corrected chi connectivity index (χ2v) is 5.23. The monoisotopic (exact) mass is 302 g/mol. The van der Waals surface area contributed by atoms with E-state index in [4.69, 9.17) is 11.6 Å². The Morgan fingerprint density at radius 3 is 2.00 bits per heavy atom. The van der Waals surface area contributed by atoms with Crippen molar-refractivity contribution in [2.24, 2.45) is 0 Å². The number of benzene rings is 2. The van der Waals surface area contributed by atoms with Crippen molar-refractivity contribution < 1.29 is 9.59 Å². The van der Waals surface area contributed by atoms with Crippen LogP contribution in [0, 0.1) is 13.8 Å². The fourth-order valence-corrected chi connectivity index (χ4v) is 2.18. The third-order valence-corrected chi connectivity index (χ3v) is 3.00. The lowest BCUT2D eigenvalue weighted by Crippen LogP contribution is -2.29. The number of hydrogen-bond acceptors (Lipinski definition) is 2. The van der Waals surface area contributed by atoms with Crippen molar-refractivity contribution >= 4 is 34.8 Å². The van der Waals surface area contributed by atoms with E-state index in [-0.39, 0.29) is 0 Å². The third-order valence-electron chi connectivity index (χ3n) is 2.77. The van der Waals surface area contributed by atoms with Crippen LogP contribution < -0.4 is 10.6 Å². The Kier molecular flexibility index (Phi) is 4.60. The van der Waals surface area contributed by atoms with Gasteiger partial charge < -0.3 is 10.6 Å². The molecule has 0 atom stereocenters.